The van der Waals surface area contributed by atoms with Crippen LogP contribution in [-0.2, 0) is 22.3 Å². The summed E-state index contributed by atoms with van der Waals surface area (Å²) in [6, 6.07) is 7.08. The molecule has 7 nitrogen and oxygen atoms in total. The fourth-order valence-electron chi connectivity index (χ4n) is 2.10. The maximum atomic E-state index is 12.5. The SMILES string of the molecule is Cc1cc(CN(C)S(=O)(=O)Cc2cccc3nsnc23)no1. The molecule has 3 aromatic rings. The van der Waals surface area contributed by atoms with Crippen LogP contribution in [0.2, 0.25) is 0 Å². The fourth-order valence-corrected chi connectivity index (χ4v) is 3.85. The van der Waals surface area contributed by atoms with E-state index < -0.39 is 10.0 Å². The first-order valence-corrected chi connectivity index (χ1v) is 8.86. The van der Waals surface area contributed by atoms with Crippen molar-refractivity contribution in [2.24, 2.45) is 0 Å². The van der Waals surface area contributed by atoms with E-state index in [-0.39, 0.29) is 12.3 Å². The molecule has 0 spiro atoms. The maximum absolute atomic E-state index is 12.5. The van der Waals surface area contributed by atoms with Gasteiger partial charge in [-0.05, 0) is 18.6 Å². The largest absolute Gasteiger partial charge is 0.361 e. The van der Waals surface area contributed by atoms with E-state index in [2.05, 4.69) is 13.9 Å². The van der Waals surface area contributed by atoms with Crippen LogP contribution >= 0.6 is 11.7 Å². The number of fused-ring (bicyclic) bond motifs is 1. The molecule has 0 fully saturated rings. The monoisotopic (exact) mass is 338 g/mol. The summed E-state index contributed by atoms with van der Waals surface area (Å²) in [5.74, 6) is 0.530. The van der Waals surface area contributed by atoms with E-state index in [1.807, 2.05) is 6.07 Å². The first kappa shape index (κ1) is 15.1. The predicted octanol–water partition coefficient (Wildman–Crippen LogP) is 1.95. The van der Waals surface area contributed by atoms with Gasteiger partial charge in [0.15, 0.2) is 0 Å². The summed E-state index contributed by atoms with van der Waals surface area (Å²) in [6.07, 6.45) is 0. The molecular weight excluding hydrogens is 324 g/mol. The molecule has 3 rings (SSSR count). The van der Waals surface area contributed by atoms with Gasteiger partial charge in [0.2, 0.25) is 10.0 Å². The van der Waals surface area contributed by atoms with Gasteiger partial charge in [-0.2, -0.15) is 13.1 Å². The Morgan fingerprint density at radius 1 is 1.32 bits per heavy atom. The van der Waals surface area contributed by atoms with Crippen molar-refractivity contribution in [2.45, 2.75) is 19.2 Å². The standard InChI is InChI=1S/C13H14N4O3S2/c1-9-6-11(14-20-9)7-17(2)22(18,19)8-10-4-3-5-12-13(10)16-21-15-12/h3-6H,7-8H2,1-2H3. The van der Waals surface area contributed by atoms with Gasteiger partial charge in [0.05, 0.1) is 29.7 Å². The molecule has 2 aromatic heterocycles. The summed E-state index contributed by atoms with van der Waals surface area (Å²) < 4.78 is 39.5. The molecule has 0 saturated heterocycles. The number of nitrogens with zero attached hydrogens (tertiary/aromatic N) is 4. The van der Waals surface area contributed by atoms with Gasteiger partial charge in [-0.3, -0.25) is 0 Å². The third-order valence-corrected chi connectivity index (χ3v) is 5.54. The van der Waals surface area contributed by atoms with Gasteiger partial charge in [0.25, 0.3) is 0 Å². The second-order valence-electron chi connectivity index (χ2n) is 4.99. The van der Waals surface area contributed by atoms with Crippen molar-refractivity contribution in [3.05, 3.63) is 41.3 Å². The Bertz CT molecular complexity index is 901. The lowest BCUT2D eigenvalue weighted by atomic mass is 10.2. The highest BCUT2D eigenvalue weighted by molar-refractivity contribution is 7.88. The number of hydrogen-bond acceptors (Lipinski definition) is 7. The summed E-state index contributed by atoms with van der Waals surface area (Å²) in [5, 5.41) is 3.82. The van der Waals surface area contributed by atoms with E-state index in [1.165, 1.54) is 11.4 Å². The molecule has 116 valence electrons. The minimum absolute atomic E-state index is 0.122. The highest BCUT2D eigenvalue weighted by Gasteiger charge is 2.21. The van der Waals surface area contributed by atoms with E-state index >= 15 is 0 Å². The van der Waals surface area contributed by atoms with Crippen LogP contribution in [0.5, 0.6) is 0 Å². The normalized spacial score (nSPS) is 12.3. The third kappa shape index (κ3) is 3.01. The van der Waals surface area contributed by atoms with Gasteiger partial charge >= 0.3 is 0 Å². The van der Waals surface area contributed by atoms with Crippen molar-refractivity contribution in [2.75, 3.05) is 7.05 Å². The Labute approximate surface area is 131 Å². The third-order valence-electron chi connectivity index (χ3n) is 3.24. The number of sulfonamides is 1. The highest BCUT2D eigenvalue weighted by Crippen LogP contribution is 2.20. The van der Waals surface area contributed by atoms with Gasteiger partial charge < -0.3 is 4.52 Å². The van der Waals surface area contributed by atoms with Gasteiger partial charge in [-0.15, -0.1) is 0 Å². The summed E-state index contributed by atoms with van der Waals surface area (Å²) in [7, 11) is -1.96. The molecule has 9 heteroatoms. The van der Waals surface area contributed by atoms with Crippen LogP contribution in [0.4, 0.5) is 0 Å². The van der Waals surface area contributed by atoms with E-state index in [1.54, 1.807) is 25.1 Å². The van der Waals surface area contributed by atoms with Gasteiger partial charge in [-0.25, -0.2) is 8.42 Å². The van der Waals surface area contributed by atoms with Crippen molar-refractivity contribution >= 4 is 32.8 Å². The molecule has 0 aliphatic heterocycles. The zero-order valence-electron chi connectivity index (χ0n) is 12.1. The number of aryl methyl sites for hydroxylation is 1. The Kier molecular flexibility index (Phi) is 3.94. The quantitative estimate of drug-likeness (QED) is 0.706. The summed E-state index contributed by atoms with van der Waals surface area (Å²) in [6.45, 7) is 1.94. The summed E-state index contributed by atoms with van der Waals surface area (Å²) in [4.78, 5) is 0. The van der Waals surface area contributed by atoms with Gasteiger partial charge in [0.1, 0.15) is 16.8 Å². The molecule has 0 atom stereocenters. The van der Waals surface area contributed by atoms with Crippen molar-refractivity contribution in [1.29, 1.82) is 0 Å². The number of benzene rings is 1. The maximum Gasteiger partial charge on any atom is 0.218 e. The minimum atomic E-state index is -3.48. The van der Waals surface area contributed by atoms with Crippen LogP contribution in [-0.4, -0.2) is 33.7 Å². The van der Waals surface area contributed by atoms with Crippen LogP contribution in [0, 0.1) is 6.92 Å². The Morgan fingerprint density at radius 3 is 2.86 bits per heavy atom. The predicted molar refractivity (Wildman–Crippen MR) is 82.7 cm³/mol. The molecule has 0 unspecified atom stereocenters. The molecule has 0 radical (unpaired) electrons. The van der Waals surface area contributed by atoms with Crippen molar-refractivity contribution < 1.29 is 12.9 Å². The molecule has 0 saturated carbocycles. The molecule has 22 heavy (non-hydrogen) atoms. The van der Waals surface area contributed by atoms with E-state index in [0.29, 0.717) is 28.1 Å². The highest BCUT2D eigenvalue weighted by atomic mass is 32.2. The average Bonchev–Trinajstić information content (AvgIpc) is 3.08. The lowest BCUT2D eigenvalue weighted by Gasteiger charge is -2.15. The molecule has 0 bridgehead atoms. The minimum Gasteiger partial charge on any atom is -0.361 e. The Balaban J connectivity index is 1.82. The van der Waals surface area contributed by atoms with Gasteiger partial charge in [-0.1, -0.05) is 17.3 Å². The number of hydrogen-bond donors (Lipinski definition) is 0. The van der Waals surface area contributed by atoms with Crippen LogP contribution in [0.1, 0.15) is 17.0 Å². The van der Waals surface area contributed by atoms with Crippen molar-refractivity contribution in [3.8, 4) is 0 Å². The van der Waals surface area contributed by atoms with Crippen LogP contribution in [0.15, 0.2) is 28.8 Å². The van der Waals surface area contributed by atoms with Crippen molar-refractivity contribution in [1.82, 2.24) is 18.2 Å². The molecule has 1 aromatic carbocycles. The van der Waals surface area contributed by atoms with Crippen LogP contribution in [0.25, 0.3) is 11.0 Å². The topological polar surface area (TPSA) is 89.2 Å². The zero-order valence-corrected chi connectivity index (χ0v) is 13.7. The molecule has 2 heterocycles. The molecule has 0 aliphatic carbocycles. The van der Waals surface area contributed by atoms with E-state index in [9.17, 15) is 8.42 Å². The average molecular weight is 338 g/mol. The fraction of sp³-hybridized carbons (Fsp3) is 0.308. The van der Waals surface area contributed by atoms with Gasteiger partial charge in [0, 0.05) is 13.1 Å². The molecular formula is C13H14N4O3S2. The molecule has 0 aliphatic rings. The van der Waals surface area contributed by atoms with E-state index in [0.717, 1.165) is 11.7 Å². The lowest BCUT2D eigenvalue weighted by molar-refractivity contribution is 0.378. The smallest absolute Gasteiger partial charge is 0.218 e. The summed E-state index contributed by atoms with van der Waals surface area (Å²) in [5.41, 5.74) is 2.58. The first-order valence-electron chi connectivity index (χ1n) is 6.52. The molecule has 0 amide bonds. The Hall–Kier alpha value is -1.84. The second-order valence-corrected chi connectivity index (χ2v) is 7.59. The Morgan fingerprint density at radius 2 is 2.14 bits per heavy atom. The second kappa shape index (κ2) is 5.75. The van der Waals surface area contributed by atoms with Crippen LogP contribution < -0.4 is 0 Å². The van der Waals surface area contributed by atoms with Crippen molar-refractivity contribution in [3.63, 3.8) is 0 Å². The van der Waals surface area contributed by atoms with Crippen LogP contribution in [0.3, 0.4) is 0 Å². The zero-order chi connectivity index (χ0) is 15.7. The van der Waals surface area contributed by atoms with E-state index in [4.69, 9.17) is 4.52 Å². The first-order chi connectivity index (χ1) is 10.5. The number of aromatic nitrogens is 3. The summed E-state index contributed by atoms with van der Waals surface area (Å²) >= 11 is 1.08. The number of rotatable bonds is 5. The molecule has 0 N–H and O–H groups in total. The lowest BCUT2D eigenvalue weighted by Crippen LogP contribution is -2.28.